The summed E-state index contributed by atoms with van der Waals surface area (Å²) in [6.45, 7) is 3.27. The first-order valence-electron chi connectivity index (χ1n) is 39.3. The average molecular weight is 1720 g/mol. The number of amides is 12. The van der Waals surface area contributed by atoms with Crippen LogP contribution in [0.25, 0.3) is 23.1 Å². The number of pyridine rings is 1. The summed E-state index contributed by atoms with van der Waals surface area (Å²) >= 11 is 1.25. The van der Waals surface area contributed by atoms with Crippen molar-refractivity contribution in [2.75, 3.05) is 71.8 Å². The number of hydrogen-bond acceptors (Lipinski definition) is 26. The molecule has 0 spiro atoms. The van der Waals surface area contributed by atoms with Gasteiger partial charge in [0.1, 0.15) is 61.0 Å². The number of ether oxygens (including phenoxy) is 1. The lowest BCUT2D eigenvalue weighted by Crippen LogP contribution is -2.61. The normalized spacial score (nSPS) is 19.0. The van der Waals surface area contributed by atoms with E-state index in [1.165, 1.54) is 59.1 Å². The van der Waals surface area contributed by atoms with E-state index in [4.69, 9.17) is 32.8 Å². The third-order valence-electron chi connectivity index (χ3n) is 18.9. The first kappa shape index (κ1) is 96.3. The van der Waals surface area contributed by atoms with Crippen LogP contribution in [0.2, 0.25) is 0 Å². The molecule has 0 unspecified atom stereocenters. The minimum absolute atomic E-state index is 0.0127. The zero-order chi connectivity index (χ0) is 87.4. The lowest BCUT2D eigenvalue weighted by molar-refractivity contribution is -0.136. The van der Waals surface area contributed by atoms with Crippen LogP contribution in [0.1, 0.15) is 116 Å². The van der Waals surface area contributed by atoms with Gasteiger partial charge >= 0.3 is 12.0 Å². The summed E-state index contributed by atoms with van der Waals surface area (Å²) in [5.41, 5.74) is 26.9. The molecule has 120 heavy (non-hydrogen) atoms. The number of nitrogens with two attached hydrogens (primary N) is 4. The van der Waals surface area contributed by atoms with Crippen LogP contribution in [0.5, 0.6) is 0 Å². The van der Waals surface area contributed by atoms with E-state index in [2.05, 4.69) is 63.5 Å². The van der Waals surface area contributed by atoms with Gasteiger partial charge in [0, 0.05) is 65.9 Å². The highest BCUT2D eigenvalue weighted by molar-refractivity contribution is 8.76. The third-order valence-corrected chi connectivity index (χ3v) is 22.2. The molecule has 0 bridgehead atoms. The summed E-state index contributed by atoms with van der Waals surface area (Å²) in [5, 5.41) is 65.2. The average Bonchev–Trinajstić information content (AvgIpc) is 1.62. The lowest BCUT2D eigenvalue weighted by Gasteiger charge is -2.28. The van der Waals surface area contributed by atoms with E-state index in [1.54, 1.807) is 147 Å². The Morgan fingerprint density at radius 3 is 1.89 bits per heavy atom. The van der Waals surface area contributed by atoms with Crippen LogP contribution in [-0.2, 0) is 64.9 Å². The number of esters is 1. The maximum Gasteiger partial charge on any atom is 0.345 e. The molecule has 648 valence electrons. The molecule has 2 aromatic heterocycles. The molecule has 22 N–H and O–H groups in total. The van der Waals surface area contributed by atoms with Gasteiger partial charge in [-0.1, -0.05) is 114 Å². The molecule has 1 saturated heterocycles. The first-order chi connectivity index (χ1) is 57.6. The molecule has 7 rings (SSSR count). The second-order valence-electron chi connectivity index (χ2n) is 28.5. The number of aromatic nitrogens is 3. The molecule has 36 nitrogen and oxygen atoms in total. The van der Waals surface area contributed by atoms with Gasteiger partial charge in [0.25, 0.3) is 5.91 Å². The number of aliphatic hydroxyl groups excluding tert-OH is 3. The van der Waals surface area contributed by atoms with Crippen LogP contribution in [0.15, 0.2) is 131 Å². The molecule has 4 aromatic carbocycles. The van der Waals surface area contributed by atoms with Gasteiger partial charge in [-0.15, -0.1) is 0 Å². The molecule has 12 amide bonds. The molecular formula is C81H109N19O17S3. The number of benzene rings is 4. The Kier molecular flexibility index (Phi) is 39.8. The highest BCUT2D eigenvalue weighted by Gasteiger charge is 2.38. The fourth-order valence-electron chi connectivity index (χ4n) is 12.6. The number of nitrogens with one attached hydrogen (secondary N) is 11. The lowest BCUT2D eigenvalue weighted by atomic mass is 10.00. The predicted octanol–water partition coefficient (Wildman–Crippen LogP) is -0.168. The van der Waals surface area contributed by atoms with Gasteiger partial charge in [-0.05, 0) is 156 Å². The molecule has 6 aromatic rings. The molecule has 3 heterocycles. The van der Waals surface area contributed by atoms with E-state index in [9.17, 15) is 72.9 Å². The smallest absolute Gasteiger partial charge is 0.345 e. The van der Waals surface area contributed by atoms with Crippen molar-refractivity contribution in [3.8, 4) is 0 Å². The largest absolute Gasteiger partial charge is 0.460 e. The second-order valence-corrected chi connectivity index (χ2v) is 32.2. The maximum atomic E-state index is 15.4. The first-order valence-corrected chi connectivity index (χ1v) is 42.6. The number of rotatable bonds is 36. The van der Waals surface area contributed by atoms with Crippen molar-refractivity contribution >= 4 is 133 Å². The van der Waals surface area contributed by atoms with Gasteiger partial charge in [0.15, 0.2) is 0 Å². The Hall–Kier alpha value is -10.9. The maximum absolute atomic E-state index is 15.4. The van der Waals surface area contributed by atoms with E-state index in [1.807, 2.05) is 0 Å². The van der Waals surface area contributed by atoms with Gasteiger partial charge in [-0.25, -0.2) is 9.59 Å². The van der Waals surface area contributed by atoms with Crippen molar-refractivity contribution in [3.05, 3.63) is 155 Å². The van der Waals surface area contributed by atoms with Crippen LogP contribution >= 0.6 is 33.3 Å². The molecule has 0 radical (unpaired) electrons. The summed E-state index contributed by atoms with van der Waals surface area (Å²) in [6, 6.07) is 17.7. The molecule has 1 aliphatic heterocycles. The summed E-state index contributed by atoms with van der Waals surface area (Å²) in [5.74, 6) is -10.3. The number of nitrogens with zero attached hydrogens (tertiary/aromatic N) is 4. The Bertz CT molecular complexity index is 4510. The second kappa shape index (κ2) is 49.6. The van der Waals surface area contributed by atoms with Gasteiger partial charge in [-0.3, -0.25) is 57.7 Å². The van der Waals surface area contributed by atoms with Gasteiger partial charge in [0.05, 0.1) is 53.4 Å². The van der Waals surface area contributed by atoms with E-state index >= 15 is 4.79 Å². The van der Waals surface area contributed by atoms with Crippen LogP contribution in [-0.4, -0.2) is 250 Å². The fraction of sp³-hybridized carbons (Fsp3) is 0.444. The highest BCUT2D eigenvalue weighted by Crippen LogP contribution is 2.34. The number of aliphatic hydroxyl groups is 3. The van der Waals surface area contributed by atoms with Crippen LogP contribution < -0.4 is 81.4 Å². The Labute approximate surface area is 707 Å². The number of carbonyl (C=O) groups excluding carboxylic acids is 13. The van der Waals surface area contributed by atoms with E-state index in [-0.39, 0.29) is 101 Å². The highest BCUT2D eigenvalue weighted by atomic mass is 33.1. The van der Waals surface area contributed by atoms with Crippen molar-refractivity contribution in [3.63, 3.8) is 0 Å². The quantitative estimate of drug-likeness (QED) is 0.0138. The van der Waals surface area contributed by atoms with Crippen LogP contribution in [0.3, 0.4) is 0 Å². The van der Waals surface area contributed by atoms with Gasteiger partial charge in [0.2, 0.25) is 59.1 Å². The summed E-state index contributed by atoms with van der Waals surface area (Å²) < 4.78 is 6.95. The minimum Gasteiger partial charge on any atom is -0.460 e. The number of fused-ring (bicyclic) bond motifs is 1. The Morgan fingerprint density at radius 2 is 1.27 bits per heavy atom. The Balaban J connectivity index is 1.18. The molecule has 11 atom stereocenters. The number of carbonyl (C=O) groups is 13. The van der Waals surface area contributed by atoms with Crippen LogP contribution in [0, 0.1) is 5.92 Å². The summed E-state index contributed by atoms with van der Waals surface area (Å²) in [7, 11) is 4.35. The standard InChI is InChI=1S/C81H109N19O17S3/c1-47(2)43-63-76(111)91-58(26-32-82)71(106)90-61(29-35-85)75(110)97-68(48(3)102)78(113)88-37-30-62(74(109)89-59(27-33-83)73(108)95-64(77(112)94-63)44-50-15-7-6-8-16-50)92-72(107)60(28-34-84)93-79(114)69(49(4)103)96-67(104)31-38-99(39-41-117-80(115)54-19-10-9-17-51(54)46-119-118-42-40-101)81(116)100-65-45-53(120-66-21-12-11-20-56(66)70(105)86-5)23-24-55(65)57(98-100)25-22-52-18-13-14-36-87-52/h6-25,36,45,47-49,58-64,68-69,101-103H,26-35,37-44,46,82-85H2,1-5H3,(H,86,105)(H,88,113)(H,89,109)(H,90,106)(H,91,111)(H,92,107)(H,93,114)(H,94,112)(H,95,108)(H,96,104)(H,97,110)/b25-22+/t48-,49-,58+,59+,60+,61+,62+,63+,64-,68+,69+/m1/s1. The molecule has 0 aliphatic carbocycles. The van der Waals surface area contributed by atoms with E-state index in [0.717, 1.165) is 4.68 Å². The zero-order valence-electron chi connectivity index (χ0n) is 67.4. The fourth-order valence-corrected chi connectivity index (χ4v) is 15.4. The zero-order valence-corrected chi connectivity index (χ0v) is 69.9. The minimum atomic E-state index is -1.84. The van der Waals surface area contributed by atoms with Crippen molar-refractivity contribution in [2.45, 2.75) is 161 Å². The van der Waals surface area contributed by atoms with Gasteiger partial charge < -0.3 is 106 Å². The van der Waals surface area contributed by atoms with E-state index < -0.39 is 170 Å². The molecule has 1 fully saturated rings. The van der Waals surface area contributed by atoms with Crippen LogP contribution in [0.4, 0.5) is 4.79 Å². The van der Waals surface area contributed by atoms with Crippen molar-refractivity contribution < 1.29 is 82.4 Å². The predicted molar refractivity (Wildman–Crippen MR) is 454 cm³/mol. The SMILES string of the molecule is CNC(=O)c1ccccc1Sc1ccc2c(/C=C/c3ccccn3)nn(C(=O)N(CCOC(=O)c3ccccc3CSSCCO)CCC(=O)N[C@H](C(=O)N[C@@H](CCN)C(=O)N[C@H]3CCNC(=O)[C@H]([C@@H](C)O)NC(=O)[C@H](CCN)NC(=O)[C@H](CCN)NC(=O)[C@H](CC(C)C)NC(=O)[C@@H](Cc4ccccc4)NC(=O)[C@H](CCN)NC3=O)[C@@H](C)O)c2c1. The van der Waals surface area contributed by atoms with Gasteiger partial charge in [-0.2, -0.15) is 9.78 Å². The van der Waals surface area contributed by atoms with Crippen molar-refractivity contribution in [1.82, 2.24) is 78.1 Å². The molecule has 1 aliphatic rings. The monoisotopic (exact) mass is 1720 g/mol. The molecule has 39 heteroatoms. The summed E-state index contributed by atoms with van der Waals surface area (Å²) in [4.78, 5) is 194. The topological polar surface area (TPSA) is 562 Å². The summed E-state index contributed by atoms with van der Waals surface area (Å²) in [6.07, 6.45) is -0.612. The Morgan fingerprint density at radius 1 is 0.658 bits per heavy atom. The molecule has 0 saturated carbocycles. The van der Waals surface area contributed by atoms with Crippen molar-refractivity contribution in [1.29, 1.82) is 0 Å². The van der Waals surface area contributed by atoms with E-state index in [0.29, 0.717) is 54.8 Å². The number of hydrogen-bond donors (Lipinski definition) is 18. The van der Waals surface area contributed by atoms with Crippen molar-refractivity contribution in [2.24, 2.45) is 28.9 Å². The third kappa shape index (κ3) is 29.5. The molecular weight excluding hydrogens is 1610 g/mol.